The molecule has 0 spiro atoms. The number of rotatable bonds is 5. The van der Waals surface area contributed by atoms with Crippen molar-refractivity contribution in [2.45, 2.75) is 5.75 Å². The third-order valence-electron chi connectivity index (χ3n) is 1.69. The highest BCUT2D eigenvalue weighted by atomic mass is 79.9. The highest BCUT2D eigenvalue weighted by Gasteiger charge is 2.09. The molecule has 15 heavy (non-hydrogen) atoms. The van der Waals surface area contributed by atoms with Gasteiger partial charge in [-0.2, -0.15) is 0 Å². The van der Waals surface area contributed by atoms with Gasteiger partial charge in [-0.05, 0) is 17.7 Å². The van der Waals surface area contributed by atoms with Crippen LogP contribution in [0.3, 0.4) is 0 Å². The van der Waals surface area contributed by atoms with E-state index in [9.17, 15) is 8.42 Å². The Morgan fingerprint density at radius 2 is 1.87 bits per heavy atom. The van der Waals surface area contributed by atoms with Crippen LogP contribution in [0.4, 0.5) is 0 Å². The predicted octanol–water partition coefficient (Wildman–Crippen LogP) is 2.11. The van der Waals surface area contributed by atoms with E-state index in [4.69, 9.17) is 11.6 Å². The number of nitrogens with one attached hydrogen (secondary N) is 1. The summed E-state index contributed by atoms with van der Waals surface area (Å²) in [5, 5.41) is 0. The fraction of sp³-hybridized carbons (Fsp3) is 0.333. The normalized spacial score (nSPS) is 11.6. The van der Waals surface area contributed by atoms with Crippen molar-refractivity contribution in [2.24, 2.45) is 0 Å². The Morgan fingerprint density at radius 1 is 1.27 bits per heavy atom. The molecule has 0 fully saturated rings. The molecule has 1 rings (SSSR count). The molecule has 0 saturated carbocycles. The molecule has 84 valence electrons. The van der Waals surface area contributed by atoms with E-state index in [1.165, 1.54) is 0 Å². The number of benzene rings is 1. The Hall–Kier alpha value is -0.100. The molecule has 1 N–H and O–H groups in total. The Balaban J connectivity index is 2.65. The lowest BCUT2D eigenvalue weighted by atomic mass is 10.2. The van der Waals surface area contributed by atoms with Crippen molar-refractivity contribution >= 4 is 37.6 Å². The van der Waals surface area contributed by atoms with E-state index >= 15 is 0 Å². The zero-order valence-electron chi connectivity index (χ0n) is 7.91. The Labute approximate surface area is 103 Å². The molecule has 0 atom stereocenters. The SMILES string of the molecule is O=S(=O)(Cc1ccc(Br)cc1)NCCCl. The summed E-state index contributed by atoms with van der Waals surface area (Å²) in [6.45, 7) is 0.264. The number of hydrogen-bond donors (Lipinski definition) is 1. The van der Waals surface area contributed by atoms with Crippen molar-refractivity contribution in [2.75, 3.05) is 12.4 Å². The molecule has 0 bridgehead atoms. The van der Waals surface area contributed by atoms with E-state index in [1.54, 1.807) is 12.1 Å². The zero-order chi connectivity index (χ0) is 11.3. The Morgan fingerprint density at radius 3 is 2.40 bits per heavy atom. The molecule has 0 aliphatic rings. The molecule has 0 heterocycles. The predicted molar refractivity (Wildman–Crippen MR) is 65.5 cm³/mol. The first-order valence-electron chi connectivity index (χ1n) is 4.31. The quantitative estimate of drug-likeness (QED) is 0.847. The molecule has 3 nitrogen and oxygen atoms in total. The lowest BCUT2D eigenvalue weighted by Crippen LogP contribution is -2.26. The minimum Gasteiger partial charge on any atom is -0.214 e. The van der Waals surface area contributed by atoms with Crippen molar-refractivity contribution < 1.29 is 8.42 Å². The third kappa shape index (κ3) is 4.97. The van der Waals surface area contributed by atoms with Crippen LogP contribution >= 0.6 is 27.5 Å². The highest BCUT2D eigenvalue weighted by molar-refractivity contribution is 9.10. The summed E-state index contributed by atoms with van der Waals surface area (Å²) in [5.41, 5.74) is 0.750. The van der Waals surface area contributed by atoms with E-state index in [0.717, 1.165) is 10.0 Å². The zero-order valence-corrected chi connectivity index (χ0v) is 11.1. The molecule has 6 heteroatoms. The van der Waals surface area contributed by atoms with Crippen molar-refractivity contribution in [1.82, 2.24) is 4.72 Å². The van der Waals surface area contributed by atoms with Crippen LogP contribution in [0, 0.1) is 0 Å². The van der Waals surface area contributed by atoms with Crippen LogP contribution < -0.4 is 4.72 Å². The lowest BCUT2D eigenvalue weighted by Gasteiger charge is -2.05. The van der Waals surface area contributed by atoms with Crippen molar-refractivity contribution in [3.05, 3.63) is 34.3 Å². The summed E-state index contributed by atoms with van der Waals surface area (Å²) in [5.74, 6) is 0.261. The first kappa shape index (κ1) is 13.0. The second-order valence-electron chi connectivity index (χ2n) is 2.97. The smallest absolute Gasteiger partial charge is 0.214 e. The summed E-state index contributed by atoms with van der Waals surface area (Å²) in [6.07, 6.45) is 0. The molecule has 0 amide bonds. The van der Waals surface area contributed by atoms with Gasteiger partial charge in [0.1, 0.15) is 0 Å². The molecule has 1 aromatic carbocycles. The van der Waals surface area contributed by atoms with E-state index in [2.05, 4.69) is 20.7 Å². The standard InChI is InChI=1S/C9H11BrClNO2S/c10-9-3-1-8(2-4-9)7-15(13,14)12-6-5-11/h1-4,12H,5-7H2. The minimum absolute atomic E-state index is 0.0167. The summed E-state index contributed by atoms with van der Waals surface area (Å²) in [7, 11) is -3.26. The van der Waals surface area contributed by atoms with Crippen LogP contribution in [0.1, 0.15) is 5.56 Å². The summed E-state index contributed by atoms with van der Waals surface area (Å²) < 4.78 is 26.3. The number of hydrogen-bond acceptors (Lipinski definition) is 2. The molecule has 0 saturated heterocycles. The Bertz CT molecular complexity index is 405. The molecule has 1 aromatic rings. The van der Waals surface area contributed by atoms with Gasteiger partial charge in [-0.15, -0.1) is 11.6 Å². The van der Waals surface area contributed by atoms with Gasteiger partial charge >= 0.3 is 0 Å². The molecule has 0 aliphatic carbocycles. The van der Waals surface area contributed by atoms with Crippen molar-refractivity contribution in [3.63, 3.8) is 0 Å². The topological polar surface area (TPSA) is 46.2 Å². The molecular weight excluding hydrogens is 302 g/mol. The maximum atomic E-state index is 11.5. The maximum absolute atomic E-state index is 11.5. The van der Waals surface area contributed by atoms with Crippen LogP contribution in [0.25, 0.3) is 0 Å². The van der Waals surface area contributed by atoms with Crippen molar-refractivity contribution in [3.8, 4) is 0 Å². The number of alkyl halides is 1. The van der Waals surface area contributed by atoms with Gasteiger partial charge in [0.15, 0.2) is 0 Å². The summed E-state index contributed by atoms with van der Waals surface area (Å²) >= 11 is 8.68. The summed E-state index contributed by atoms with van der Waals surface area (Å²) in [4.78, 5) is 0. The van der Waals surface area contributed by atoms with Gasteiger partial charge in [0.2, 0.25) is 10.0 Å². The molecule has 0 radical (unpaired) electrons. The second kappa shape index (κ2) is 5.84. The maximum Gasteiger partial charge on any atom is 0.215 e. The second-order valence-corrected chi connectivity index (χ2v) is 6.07. The van der Waals surface area contributed by atoms with E-state index in [0.29, 0.717) is 0 Å². The van der Waals surface area contributed by atoms with Gasteiger partial charge in [0.05, 0.1) is 5.75 Å². The monoisotopic (exact) mass is 311 g/mol. The number of sulfonamides is 1. The van der Waals surface area contributed by atoms with E-state index in [1.807, 2.05) is 12.1 Å². The minimum atomic E-state index is -3.26. The average molecular weight is 313 g/mol. The number of halogens is 2. The van der Waals surface area contributed by atoms with Crippen LogP contribution in [0.2, 0.25) is 0 Å². The fourth-order valence-electron chi connectivity index (χ4n) is 1.05. The van der Waals surface area contributed by atoms with Gasteiger partial charge in [-0.25, -0.2) is 13.1 Å². The van der Waals surface area contributed by atoms with Gasteiger partial charge in [-0.1, -0.05) is 28.1 Å². The van der Waals surface area contributed by atoms with Crippen LogP contribution in [-0.4, -0.2) is 20.8 Å². The lowest BCUT2D eigenvalue weighted by molar-refractivity contribution is 0.583. The molecular formula is C9H11BrClNO2S. The third-order valence-corrected chi connectivity index (χ3v) is 3.76. The van der Waals surface area contributed by atoms with Gasteiger partial charge in [0.25, 0.3) is 0 Å². The fourth-order valence-corrected chi connectivity index (χ4v) is 2.66. The first-order chi connectivity index (χ1) is 7.03. The van der Waals surface area contributed by atoms with E-state index in [-0.39, 0.29) is 18.2 Å². The highest BCUT2D eigenvalue weighted by Crippen LogP contribution is 2.12. The molecule has 0 aliphatic heterocycles. The van der Waals surface area contributed by atoms with Crippen molar-refractivity contribution in [1.29, 1.82) is 0 Å². The Kier molecular flexibility index (Phi) is 5.05. The van der Waals surface area contributed by atoms with Crippen LogP contribution in [-0.2, 0) is 15.8 Å². The van der Waals surface area contributed by atoms with E-state index < -0.39 is 10.0 Å². The molecule has 0 unspecified atom stereocenters. The van der Waals surface area contributed by atoms with Crippen LogP contribution in [0.5, 0.6) is 0 Å². The molecule has 0 aromatic heterocycles. The van der Waals surface area contributed by atoms with Gasteiger partial charge < -0.3 is 0 Å². The average Bonchev–Trinajstić information content (AvgIpc) is 2.18. The summed E-state index contributed by atoms with van der Waals surface area (Å²) in [6, 6.07) is 7.16. The van der Waals surface area contributed by atoms with Gasteiger partial charge in [-0.3, -0.25) is 0 Å². The van der Waals surface area contributed by atoms with Crippen LogP contribution in [0.15, 0.2) is 28.7 Å². The first-order valence-corrected chi connectivity index (χ1v) is 7.29. The largest absolute Gasteiger partial charge is 0.215 e. The van der Waals surface area contributed by atoms with Gasteiger partial charge in [0, 0.05) is 16.9 Å².